The van der Waals surface area contributed by atoms with Crippen LogP contribution in [0.25, 0.3) is 0 Å². The van der Waals surface area contributed by atoms with Crippen molar-refractivity contribution in [2.75, 3.05) is 13.1 Å². The highest BCUT2D eigenvalue weighted by Crippen LogP contribution is 2.25. The smallest absolute Gasteiger partial charge is 0.177 e. The predicted molar refractivity (Wildman–Crippen MR) is 67.8 cm³/mol. The van der Waals surface area contributed by atoms with Crippen molar-refractivity contribution in [3.05, 3.63) is 41.5 Å². The van der Waals surface area contributed by atoms with Gasteiger partial charge in [0.1, 0.15) is 5.82 Å². The SMILES string of the molecule is Fc1cccc(CN2CCC(c3nn[nH]n3)CC2)c1. The Morgan fingerprint density at radius 3 is 2.84 bits per heavy atom. The number of hydrogen-bond donors (Lipinski definition) is 1. The lowest BCUT2D eigenvalue weighted by molar-refractivity contribution is 0.201. The predicted octanol–water partition coefficient (Wildman–Crippen LogP) is 1.72. The highest BCUT2D eigenvalue weighted by molar-refractivity contribution is 5.16. The molecule has 1 aliphatic heterocycles. The first-order valence-electron chi connectivity index (χ1n) is 6.51. The Morgan fingerprint density at radius 1 is 1.32 bits per heavy atom. The van der Waals surface area contributed by atoms with Crippen LogP contribution >= 0.6 is 0 Å². The molecule has 0 atom stereocenters. The van der Waals surface area contributed by atoms with Crippen LogP contribution in [0.1, 0.15) is 30.1 Å². The summed E-state index contributed by atoms with van der Waals surface area (Å²) >= 11 is 0. The zero-order chi connectivity index (χ0) is 13.1. The molecule has 0 spiro atoms. The number of piperidine rings is 1. The molecule has 0 amide bonds. The average Bonchev–Trinajstić information content (AvgIpc) is 2.94. The molecule has 0 radical (unpaired) electrons. The van der Waals surface area contributed by atoms with Gasteiger partial charge in [-0.1, -0.05) is 17.3 Å². The lowest BCUT2D eigenvalue weighted by Crippen LogP contribution is -2.32. The van der Waals surface area contributed by atoms with Crippen molar-refractivity contribution in [1.29, 1.82) is 0 Å². The first-order chi connectivity index (χ1) is 9.31. The standard InChI is InChI=1S/C13H16FN5/c14-12-3-1-2-10(8-12)9-19-6-4-11(5-7-19)13-15-17-18-16-13/h1-3,8,11H,4-7,9H2,(H,15,16,17,18). The largest absolute Gasteiger partial charge is 0.299 e. The van der Waals surface area contributed by atoms with Crippen molar-refractivity contribution in [2.24, 2.45) is 0 Å². The van der Waals surface area contributed by atoms with Crippen molar-refractivity contribution >= 4 is 0 Å². The van der Waals surface area contributed by atoms with Crippen LogP contribution in [-0.2, 0) is 6.54 Å². The summed E-state index contributed by atoms with van der Waals surface area (Å²) in [5, 5.41) is 14.2. The van der Waals surface area contributed by atoms with Gasteiger partial charge >= 0.3 is 0 Å². The van der Waals surface area contributed by atoms with Gasteiger partial charge < -0.3 is 0 Å². The second-order valence-corrected chi connectivity index (χ2v) is 4.95. The Labute approximate surface area is 110 Å². The van der Waals surface area contributed by atoms with Gasteiger partial charge in [-0.05, 0) is 43.6 Å². The fourth-order valence-electron chi connectivity index (χ4n) is 2.59. The van der Waals surface area contributed by atoms with Gasteiger partial charge in [-0.2, -0.15) is 5.21 Å². The van der Waals surface area contributed by atoms with E-state index in [1.807, 2.05) is 6.07 Å². The minimum Gasteiger partial charge on any atom is -0.299 e. The first-order valence-corrected chi connectivity index (χ1v) is 6.51. The number of halogens is 1. The van der Waals surface area contributed by atoms with Crippen LogP contribution in [0.2, 0.25) is 0 Å². The quantitative estimate of drug-likeness (QED) is 0.914. The van der Waals surface area contributed by atoms with E-state index >= 15 is 0 Å². The molecule has 1 saturated heterocycles. The lowest BCUT2D eigenvalue weighted by Gasteiger charge is -2.30. The lowest BCUT2D eigenvalue weighted by atomic mass is 9.96. The molecular formula is C13H16FN5. The minimum absolute atomic E-state index is 0.167. The van der Waals surface area contributed by atoms with Crippen molar-refractivity contribution in [1.82, 2.24) is 25.5 Å². The summed E-state index contributed by atoms with van der Waals surface area (Å²) in [5.41, 5.74) is 1.03. The maximum atomic E-state index is 13.1. The Hall–Kier alpha value is -1.82. The van der Waals surface area contributed by atoms with Crippen LogP contribution in [0.5, 0.6) is 0 Å². The highest BCUT2D eigenvalue weighted by atomic mass is 19.1. The van der Waals surface area contributed by atoms with Crippen LogP contribution in [0.15, 0.2) is 24.3 Å². The molecule has 0 aliphatic carbocycles. The van der Waals surface area contributed by atoms with E-state index in [1.165, 1.54) is 6.07 Å². The molecule has 1 aliphatic rings. The van der Waals surface area contributed by atoms with E-state index in [0.29, 0.717) is 5.92 Å². The van der Waals surface area contributed by atoms with Gasteiger partial charge in [0.2, 0.25) is 0 Å². The molecule has 1 fully saturated rings. The number of likely N-dealkylation sites (tertiary alicyclic amines) is 1. The third kappa shape index (κ3) is 2.96. The van der Waals surface area contributed by atoms with Gasteiger partial charge in [0, 0.05) is 12.5 Å². The molecule has 19 heavy (non-hydrogen) atoms. The van der Waals surface area contributed by atoms with E-state index in [0.717, 1.165) is 43.9 Å². The molecule has 2 heterocycles. The summed E-state index contributed by atoms with van der Waals surface area (Å²) < 4.78 is 13.1. The molecule has 100 valence electrons. The summed E-state index contributed by atoms with van der Waals surface area (Å²) in [7, 11) is 0. The van der Waals surface area contributed by atoms with E-state index < -0.39 is 0 Å². The van der Waals surface area contributed by atoms with E-state index in [-0.39, 0.29) is 5.82 Å². The van der Waals surface area contributed by atoms with E-state index in [9.17, 15) is 4.39 Å². The number of benzene rings is 1. The number of H-pyrrole nitrogens is 1. The summed E-state index contributed by atoms with van der Waals surface area (Å²) in [6.07, 6.45) is 2.05. The molecule has 2 aromatic rings. The highest BCUT2D eigenvalue weighted by Gasteiger charge is 2.23. The molecule has 1 aromatic carbocycles. The van der Waals surface area contributed by atoms with E-state index in [2.05, 4.69) is 25.5 Å². The molecule has 6 heteroatoms. The van der Waals surface area contributed by atoms with Gasteiger partial charge in [-0.25, -0.2) is 4.39 Å². The average molecular weight is 261 g/mol. The van der Waals surface area contributed by atoms with Gasteiger partial charge in [0.05, 0.1) is 0 Å². The van der Waals surface area contributed by atoms with Crippen molar-refractivity contribution < 1.29 is 4.39 Å². The maximum absolute atomic E-state index is 13.1. The second-order valence-electron chi connectivity index (χ2n) is 4.95. The van der Waals surface area contributed by atoms with Gasteiger partial charge in [0.25, 0.3) is 0 Å². The second kappa shape index (κ2) is 5.44. The molecule has 3 rings (SSSR count). The zero-order valence-corrected chi connectivity index (χ0v) is 10.6. The number of hydrogen-bond acceptors (Lipinski definition) is 4. The fraction of sp³-hybridized carbons (Fsp3) is 0.462. The van der Waals surface area contributed by atoms with Crippen LogP contribution < -0.4 is 0 Å². The van der Waals surface area contributed by atoms with Crippen LogP contribution in [0.4, 0.5) is 4.39 Å². The summed E-state index contributed by atoms with van der Waals surface area (Å²) in [5.74, 6) is 1.03. The van der Waals surface area contributed by atoms with Gasteiger partial charge in [-0.15, -0.1) is 10.2 Å². The van der Waals surface area contributed by atoms with Gasteiger partial charge in [-0.3, -0.25) is 4.90 Å². The van der Waals surface area contributed by atoms with Crippen LogP contribution in [0.3, 0.4) is 0 Å². The molecule has 5 nitrogen and oxygen atoms in total. The number of aromatic amines is 1. The zero-order valence-electron chi connectivity index (χ0n) is 10.6. The van der Waals surface area contributed by atoms with E-state index in [4.69, 9.17) is 0 Å². The Kier molecular flexibility index (Phi) is 3.50. The molecule has 0 saturated carbocycles. The molecule has 1 N–H and O–H groups in total. The summed E-state index contributed by atoms with van der Waals surface area (Å²) in [6.45, 7) is 2.77. The van der Waals surface area contributed by atoms with Crippen LogP contribution in [0, 0.1) is 5.82 Å². The summed E-state index contributed by atoms with van der Waals surface area (Å²) in [6, 6.07) is 6.81. The fourth-order valence-corrected chi connectivity index (χ4v) is 2.59. The molecule has 0 bridgehead atoms. The molecule has 1 aromatic heterocycles. The van der Waals surface area contributed by atoms with Crippen molar-refractivity contribution in [3.8, 4) is 0 Å². The monoisotopic (exact) mass is 261 g/mol. The molecule has 0 unspecified atom stereocenters. The number of tetrazole rings is 1. The van der Waals surface area contributed by atoms with Crippen molar-refractivity contribution in [3.63, 3.8) is 0 Å². The topological polar surface area (TPSA) is 57.7 Å². The number of nitrogens with zero attached hydrogens (tertiary/aromatic N) is 4. The number of nitrogens with one attached hydrogen (secondary N) is 1. The third-order valence-electron chi connectivity index (χ3n) is 3.61. The van der Waals surface area contributed by atoms with Gasteiger partial charge in [0.15, 0.2) is 5.82 Å². The van der Waals surface area contributed by atoms with E-state index in [1.54, 1.807) is 12.1 Å². The number of rotatable bonds is 3. The molecular weight excluding hydrogens is 245 g/mol. The summed E-state index contributed by atoms with van der Waals surface area (Å²) in [4.78, 5) is 2.34. The normalized spacial score (nSPS) is 17.7. The maximum Gasteiger partial charge on any atom is 0.177 e. The third-order valence-corrected chi connectivity index (χ3v) is 3.61. The Morgan fingerprint density at radius 2 is 2.16 bits per heavy atom. The minimum atomic E-state index is -0.167. The Balaban J connectivity index is 1.56. The number of aromatic nitrogens is 4. The van der Waals surface area contributed by atoms with Crippen molar-refractivity contribution in [2.45, 2.75) is 25.3 Å². The van der Waals surface area contributed by atoms with Crippen LogP contribution in [-0.4, -0.2) is 38.6 Å². The Bertz CT molecular complexity index is 520. The first kappa shape index (κ1) is 12.2.